The quantitative estimate of drug-likeness (QED) is 0.577. The van der Waals surface area contributed by atoms with Crippen molar-refractivity contribution in [3.63, 3.8) is 0 Å². The number of hydrogen-bond donors (Lipinski definition) is 4. The monoisotopic (exact) mass is 225 g/mol. The molecule has 0 saturated carbocycles. The van der Waals surface area contributed by atoms with Crippen LogP contribution in [0.25, 0.3) is 0 Å². The van der Waals surface area contributed by atoms with Crippen LogP contribution >= 0.6 is 0 Å². The van der Waals surface area contributed by atoms with E-state index < -0.39 is 0 Å². The maximum absolute atomic E-state index is 9.18. The van der Waals surface area contributed by atoms with E-state index in [4.69, 9.17) is 10.2 Å². The fourth-order valence-electron chi connectivity index (χ4n) is 1.60. The van der Waals surface area contributed by atoms with Crippen molar-refractivity contribution in [2.24, 2.45) is 0 Å². The van der Waals surface area contributed by atoms with E-state index in [-0.39, 0.29) is 31.0 Å². The van der Waals surface area contributed by atoms with Gasteiger partial charge < -0.3 is 20.6 Å². The van der Waals surface area contributed by atoms with E-state index >= 15 is 0 Å². The summed E-state index contributed by atoms with van der Waals surface area (Å²) in [5.41, 5.74) is 1.03. The summed E-state index contributed by atoms with van der Waals surface area (Å²) >= 11 is 0. The van der Waals surface area contributed by atoms with E-state index in [0.717, 1.165) is 12.0 Å². The van der Waals surface area contributed by atoms with Gasteiger partial charge in [0, 0.05) is 6.04 Å². The molecular formula is C12H19NO3. The molecule has 1 unspecified atom stereocenters. The first-order chi connectivity index (χ1) is 7.71. The second-order valence-corrected chi connectivity index (χ2v) is 3.78. The molecule has 16 heavy (non-hydrogen) atoms. The average molecular weight is 225 g/mol. The topological polar surface area (TPSA) is 72.7 Å². The molecule has 0 bridgehead atoms. The van der Waals surface area contributed by atoms with Gasteiger partial charge in [-0.05, 0) is 24.1 Å². The number of benzene rings is 1. The summed E-state index contributed by atoms with van der Waals surface area (Å²) in [5, 5.41) is 30.3. The number of phenolic OH excluding ortho intramolecular Hbond substituents is 1. The van der Waals surface area contributed by atoms with Crippen molar-refractivity contribution in [2.45, 2.75) is 25.4 Å². The fourth-order valence-corrected chi connectivity index (χ4v) is 1.60. The molecular weight excluding hydrogens is 206 g/mol. The molecule has 0 aromatic heterocycles. The lowest BCUT2D eigenvalue weighted by molar-refractivity contribution is 0.161. The summed E-state index contributed by atoms with van der Waals surface area (Å²) in [6, 6.07) is 6.70. The molecule has 1 atom stereocenters. The third-order valence-corrected chi connectivity index (χ3v) is 2.58. The Morgan fingerprint density at radius 2 is 1.69 bits per heavy atom. The van der Waals surface area contributed by atoms with Gasteiger partial charge in [-0.15, -0.1) is 0 Å². The van der Waals surface area contributed by atoms with Gasteiger partial charge in [0.15, 0.2) is 0 Å². The average Bonchev–Trinajstić information content (AvgIpc) is 2.32. The van der Waals surface area contributed by atoms with Gasteiger partial charge in [-0.3, -0.25) is 0 Å². The first kappa shape index (κ1) is 13.0. The number of rotatable bonds is 6. The van der Waals surface area contributed by atoms with Gasteiger partial charge in [-0.1, -0.05) is 19.1 Å². The summed E-state index contributed by atoms with van der Waals surface area (Å²) in [7, 11) is 0. The predicted molar refractivity (Wildman–Crippen MR) is 62.2 cm³/mol. The fraction of sp³-hybridized carbons (Fsp3) is 0.500. The third kappa shape index (κ3) is 3.48. The SMILES string of the molecule is CCC(NC(CO)CO)c1ccc(O)cc1. The number of aliphatic hydroxyl groups excluding tert-OH is 2. The molecule has 0 aliphatic heterocycles. The molecule has 90 valence electrons. The van der Waals surface area contributed by atoms with Gasteiger partial charge in [0.25, 0.3) is 0 Å². The number of hydrogen-bond acceptors (Lipinski definition) is 4. The molecule has 1 rings (SSSR count). The molecule has 4 N–H and O–H groups in total. The molecule has 0 radical (unpaired) electrons. The maximum Gasteiger partial charge on any atom is 0.115 e. The van der Waals surface area contributed by atoms with Crippen LogP contribution in [0.3, 0.4) is 0 Å². The third-order valence-electron chi connectivity index (χ3n) is 2.58. The summed E-state index contributed by atoms with van der Waals surface area (Å²) < 4.78 is 0. The zero-order valence-electron chi connectivity index (χ0n) is 9.43. The predicted octanol–water partition coefficient (Wildman–Crippen LogP) is 0.786. The van der Waals surface area contributed by atoms with Gasteiger partial charge in [0.2, 0.25) is 0 Å². The van der Waals surface area contributed by atoms with Crippen LogP contribution in [0.4, 0.5) is 0 Å². The molecule has 0 spiro atoms. The standard InChI is InChI=1S/C12H19NO3/c1-2-12(13-10(7-14)8-15)9-3-5-11(16)6-4-9/h3-6,10,12-16H,2,7-8H2,1H3. The summed E-state index contributed by atoms with van der Waals surface area (Å²) in [6.45, 7) is 1.84. The Bertz CT molecular complexity index is 296. The van der Waals surface area contributed by atoms with Crippen molar-refractivity contribution in [1.82, 2.24) is 5.32 Å². The van der Waals surface area contributed by atoms with Gasteiger partial charge in [-0.2, -0.15) is 0 Å². The highest BCUT2D eigenvalue weighted by Gasteiger charge is 2.14. The lowest BCUT2D eigenvalue weighted by Crippen LogP contribution is -2.38. The van der Waals surface area contributed by atoms with Crippen LogP contribution in [0.1, 0.15) is 24.9 Å². The second kappa shape index (κ2) is 6.48. The van der Waals surface area contributed by atoms with Crippen molar-refractivity contribution < 1.29 is 15.3 Å². The summed E-state index contributed by atoms with van der Waals surface area (Å²) in [5.74, 6) is 0.236. The van der Waals surface area contributed by atoms with Crippen LogP contribution in [0.2, 0.25) is 0 Å². The van der Waals surface area contributed by atoms with Gasteiger partial charge in [0.05, 0.1) is 19.3 Å². The lowest BCUT2D eigenvalue weighted by atomic mass is 10.0. The van der Waals surface area contributed by atoms with Crippen LogP contribution in [0.5, 0.6) is 5.75 Å². The normalized spacial score (nSPS) is 13.0. The summed E-state index contributed by atoms with van der Waals surface area (Å²) in [4.78, 5) is 0. The van der Waals surface area contributed by atoms with Crippen molar-refractivity contribution in [2.75, 3.05) is 13.2 Å². The highest BCUT2D eigenvalue weighted by Crippen LogP contribution is 2.19. The van der Waals surface area contributed by atoms with Gasteiger partial charge >= 0.3 is 0 Å². The van der Waals surface area contributed by atoms with Crippen molar-refractivity contribution in [3.8, 4) is 5.75 Å². The molecule has 0 saturated heterocycles. The molecule has 0 amide bonds. The van der Waals surface area contributed by atoms with Crippen molar-refractivity contribution in [1.29, 1.82) is 0 Å². The van der Waals surface area contributed by atoms with Crippen molar-refractivity contribution >= 4 is 0 Å². The van der Waals surface area contributed by atoms with Crippen LogP contribution in [0, 0.1) is 0 Å². The number of aromatic hydroxyl groups is 1. The Labute approximate surface area is 95.6 Å². The zero-order chi connectivity index (χ0) is 12.0. The molecule has 0 aliphatic carbocycles. The van der Waals surface area contributed by atoms with Crippen molar-refractivity contribution in [3.05, 3.63) is 29.8 Å². The van der Waals surface area contributed by atoms with Crippen LogP contribution in [0.15, 0.2) is 24.3 Å². The Hall–Kier alpha value is -1.10. The van der Waals surface area contributed by atoms with Crippen LogP contribution < -0.4 is 5.32 Å². The smallest absolute Gasteiger partial charge is 0.115 e. The lowest BCUT2D eigenvalue weighted by Gasteiger charge is -2.22. The minimum absolute atomic E-state index is 0.0740. The number of phenols is 1. The molecule has 4 heteroatoms. The number of nitrogens with one attached hydrogen (secondary N) is 1. The van der Waals surface area contributed by atoms with E-state index in [1.807, 2.05) is 19.1 Å². The van der Waals surface area contributed by atoms with E-state index in [9.17, 15) is 5.11 Å². The number of aliphatic hydroxyl groups is 2. The zero-order valence-corrected chi connectivity index (χ0v) is 9.43. The minimum Gasteiger partial charge on any atom is -0.508 e. The molecule has 0 aliphatic rings. The first-order valence-corrected chi connectivity index (χ1v) is 5.48. The van der Waals surface area contributed by atoms with Gasteiger partial charge in [0.1, 0.15) is 5.75 Å². The Morgan fingerprint density at radius 1 is 1.12 bits per heavy atom. The Kier molecular flexibility index (Phi) is 5.25. The maximum atomic E-state index is 9.18. The highest BCUT2D eigenvalue weighted by atomic mass is 16.3. The van der Waals surface area contributed by atoms with E-state index in [0.29, 0.717) is 0 Å². The van der Waals surface area contributed by atoms with Gasteiger partial charge in [-0.25, -0.2) is 0 Å². The molecule has 0 heterocycles. The van der Waals surface area contributed by atoms with E-state index in [1.54, 1.807) is 12.1 Å². The van der Waals surface area contributed by atoms with E-state index in [1.165, 1.54) is 0 Å². The molecule has 4 nitrogen and oxygen atoms in total. The Morgan fingerprint density at radius 3 is 2.12 bits per heavy atom. The summed E-state index contributed by atoms with van der Waals surface area (Å²) in [6.07, 6.45) is 0.848. The Balaban J connectivity index is 2.70. The van der Waals surface area contributed by atoms with Crippen LogP contribution in [-0.2, 0) is 0 Å². The second-order valence-electron chi connectivity index (χ2n) is 3.78. The molecule has 1 aromatic carbocycles. The highest BCUT2D eigenvalue weighted by molar-refractivity contribution is 5.28. The molecule has 1 aromatic rings. The molecule has 0 fully saturated rings. The minimum atomic E-state index is -0.307. The van der Waals surface area contributed by atoms with E-state index in [2.05, 4.69) is 5.32 Å². The van der Waals surface area contributed by atoms with Crippen LogP contribution in [-0.4, -0.2) is 34.6 Å². The first-order valence-electron chi connectivity index (χ1n) is 5.48. The largest absolute Gasteiger partial charge is 0.508 e.